The predicted molar refractivity (Wildman–Crippen MR) is 80.2 cm³/mol. The summed E-state index contributed by atoms with van der Waals surface area (Å²) in [5.74, 6) is 0.827. The molecule has 0 radical (unpaired) electrons. The van der Waals surface area contributed by atoms with E-state index in [1.165, 1.54) is 31.2 Å². The summed E-state index contributed by atoms with van der Waals surface area (Å²) in [5, 5.41) is 3.52. The molecule has 2 heteroatoms. The van der Waals surface area contributed by atoms with Crippen LogP contribution in [0, 0.1) is 5.92 Å². The second-order valence-corrected chi connectivity index (χ2v) is 5.75. The summed E-state index contributed by atoms with van der Waals surface area (Å²) in [5.41, 5.74) is 1.33. The molecule has 106 valence electrons. The van der Waals surface area contributed by atoms with Crippen molar-refractivity contribution in [2.45, 2.75) is 51.7 Å². The van der Waals surface area contributed by atoms with E-state index in [9.17, 15) is 0 Å². The van der Waals surface area contributed by atoms with Gasteiger partial charge in [-0.15, -0.1) is 0 Å². The first-order valence-corrected chi connectivity index (χ1v) is 7.69. The Morgan fingerprint density at radius 2 is 2.05 bits per heavy atom. The first kappa shape index (κ1) is 14.5. The summed E-state index contributed by atoms with van der Waals surface area (Å²) < 4.78 is 6.16. The quantitative estimate of drug-likeness (QED) is 0.837. The van der Waals surface area contributed by atoms with Crippen LogP contribution in [0.2, 0.25) is 0 Å². The highest BCUT2D eigenvalue weighted by Crippen LogP contribution is 2.26. The zero-order valence-electron chi connectivity index (χ0n) is 12.3. The van der Waals surface area contributed by atoms with Gasteiger partial charge in [0.1, 0.15) is 0 Å². The van der Waals surface area contributed by atoms with E-state index in [0.717, 1.165) is 19.1 Å². The Bertz CT molecular complexity index is 352. The maximum Gasteiger partial charge on any atom is 0.0665 e. The lowest BCUT2D eigenvalue weighted by Gasteiger charge is -2.29. The van der Waals surface area contributed by atoms with Gasteiger partial charge in [0.2, 0.25) is 0 Å². The molecule has 2 nitrogen and oxygen atoms in total. The average Bonchev–Trinajstić information content (AvgIpc) is 2.44. The van der Waals surface area contributed by atoms with Gasteiger partial charge >= 0.3 is 0 Å². The van der Waals surface area contributed by atoms with Crippen LogP contribution in [0.4, 0.5) is 0 Å². The van der Waals surface area contributed by atoms with E-state index in [0.29, 0.717) is 12.1 Å². The largest absolute Gasteiger partial charge is 0.376 e. The Morgan fingerprint density at radius 3 is 2.74 bits per heavy atom. The monoisotopic (exact) mass is 261 g/mol. The summed E-state index contributed by atoms with van der Waals surface area (Å²) in [7, 11) is 0. The van der Waals surface area contributed by atoms with Crippen molar-refractivity contribution in [2.75, 3.05) is 13.2 Å². The minimum absolute atomic E-state index is 0.323. The van der Waals surface area contributed by atoms with Gasteiger partial charge < -0.3 is 10.1 Å². The third-order valence-electron chi connectivity index (χ3n) is 4.04. The molecule has 1 aliphatic rings. The van der Waals surface area contributed by atoms with E-state index in [2.05, 4.69) is 49.5 Å². The number of rotatable bonds is 6. The molecule has 0 spiro atoms. The Kier molecular flexibility index (Phi) is 5.87. The second kappa shape index (κ2) is 7.66. The van der Waals surface area contributed by atoms with Gasteiger partial charge in [-0.25, -0.2) is 0 Å². The molecule has 1 fully saturated rings. The van der Waals surface area contributed by atoms with Gasteiger partial charge in [-0.05, 0) is 30.9 Å². The fraction of sp³-hybridized carbons (Fsp3) is 0.647. The van der Waals surface area contributed by atoms with Crippen LogP contribution >= 0.6 is 0 Å². The molecule has 0 saturated heterocycles. The Balaban J connectivity index is 1.86. The van der Waals surface area contributed by atoms with Crippen LogP contribution in [0.15, 0.2) is 30.3 Å². The average molecular weight is 261 g/mol. The van der Waals surface area contributed by atoms with Crippen molar-refractivity contribution >= 4 is 0 Å². The normalized spacial score (nSPS) is 25.2. The first-order valence-electron chi connectivity index (χ1n) is 7.69. The molecule has 1 N–H and O–H groups in total. The minimum atomic E-state index is 0.323. The molecule has 0 amide bonds. The van der Waals surface area contributed by atoms with Crippen LogP contribution in [-0.2, 0) is 4.74 Å². The zero-order chi connectivity index (χ0) is 13.5. The number of benzene rings is 1. The Hall–Kier alpha value is -0.860. The van der Waals surface area contributed by atoms with Crippen molar-refractivity contribution in [1.82, 2.24) is 5.32 Å². The molecule has 0 aliphatic heterocycles. The fourth-order valence-corrected chi connectivity index (χ4v) is 2.97. The standard InChI is InChI=1S/C17H27NO/c1-3-18-17(15-9-5-4-6-10-15)13-19-16-11-7-8-14(2)12-16/h4-6,9-10,14,16-18H,3,7-8,11-13H2,1-2H3. The van der Waals surface area contributed by atoms with Gasteiger partial charge in [0.05, 0.1) is 18.8 Å². The number of nitrogens with one attached hydrogen (secondary N) is 1. The lowest BCUT2D eigenvalue weighted by molar-refractivity contribution is 0.00417. The topological polar surface area (TPSA) is 21.3 Å². The van der Waals surface area contributed by atoms with Crippen LogP contribution in [0.5, 0.6) is 0 Å². The third-order valence-corrected chi connectivity index (χ3v) is 4.04. The van der Waals surface area contributed by atoms with Crippen molar-refractivity contribution < 1.29 is 4.74 Å². The molecule has 0 heterocycles. The molecule has 1 saturated carbocycles. The SMILES string of the molecule is CCNC(COC1CCCC(C)C1)c1ccccc1. The van der Waals surface area contributed by atoms with E-state index < -0.39 is 0 Å². The van der Waals surface area contributed by atoms with Gasteiger partial charge in [0.15, 0.2) is 0 Å². The third kappa shape index (κ3) is 4.63. The summed E-state index contributed by atoms with van der Waals surface area (Å²) in [6.07, 6.45) is 5.62. The highest BCUT2D eigenvalue weighted by Gasteiger charge is 2.20. The predicted octanol–water partition coefficient (Wildman–Crippen LogP) is 3.93. The van der Waals surface area contributed by atoms with Gasteiger partial charge in [0.25, 0.3) is 0 Å². The summed E-state index contributed by atoms with van der Waals surface area (Å²) in [6.45, 7) is 6.26. The van der Waals surface area contributed by atoms with E-state index in [4.69, 9.17) is 4.74 Å². The minimum Gasteiger partial charge on any atom is -0.376 e. The molecular weight excluding hydrogens is 234 g/mol. The number of hydrogen-bond donors (Lipinski definition) is 1. The van der Waals surface area contributed by atoms with Gasteiger partial charge in [0, 0.05) is 0 Å². The lowest BCUT2D eigenvalue weighted by Crippen LogP contribution is -2.29. The van der Waals surface area contributed by atoms with Crippen molar-refractivity contribution in [3.05, 3.63) is 35.9 Å². The Morgan fingerprint density at radius 1 is 1.26 bits per heavy atom. The number of hydrogen-bond acceptors (Lipinski definition) is 2. The lowest BCUT2D eigenvalue weighted by atomic mass is 9.89. The maximum absolute atomic E-state index is 6.16. The van der Waals surface area contributed by atoms with E-state index >= 15 is 0 Å². The Labute approximate surface area is 117 Å². The molecule has 2 rings (SSSR count). The first-order chi connectivity index (χ1) is 9.29. The smallest absolute Gasteiger partial charge is 0.0665 e. The number of likely N-dealkylation sites (N-methyl/N-ethyl adjacent to an activating group) is 1. The van der Waals surface area contributed by atoms with Crippen LogP contribution in [-0.4, -0.2) is 19.3 Å². The molecule has 0 aromatic heterocycles. The van der Waals surface area contributed by atoms with E-state index in [1.807, 2.05) is 0 Å². The van der Waals surface area contributed by atoms with Crippen molar-refractivity contribution in [2.24, 2.45) is 5.92 Å². The fourth-order valence-electron chi connectivity index (χ4n) is 2.97. The van der Waals surface area contributed by atoms with Gasteiger partial charge in [-0.1, -0.05) is 57.0 Å². The summed E-state index contributed by atoms with van der Waals surface area (Å²) in [4.78, 5) is 0. The van der Waals surface area contributed by atoms with Crippen LogP contribution in [0.25, 0.3) is 0 Å². The van der Waals surface area contributed by atoms with Crippen molar-refractivity contribution in [3.8, 4) is 0 Å². The van der Waals surface area contributed by atoms with Gasteiger partial charge in [-0.3, -0.25) is 0 Å². The van der Waals surface area contributed by atoms with Gasteiger partial charge in [-0.2, -0.15) is 0 Å². The molecule has 3 atom stereocenters. The van der Waals surface area contributed by atoms with Crippen LogP contribution in [0.1, 0.15) is 51.1 Å². The molecule has 3 unspecified atom stereocenters. The summed E-state index contributed by atoms with van der Waals surface area (Å²) >= 11 is 0. The highest BCUT2D eigenvalue weighted by molar-refractivity contribution is 5.18. The molecule has 0 bridgehead atoms. The second-order valence-electron chi connectivity index (χ2n) is 5.75. The molecule has 1 aromatic rings. The zero-order valence-corrected chi connectivity index (χ0v) is 12.3. The molecule has 19 heavy (non-hydrogen) atoms. The highest BCUT2D eigenvalue weighted by atomic mass is 16.5. The molecule has 1 aliphatic carbocycles. The van der Waals surface area contributed by atoms with E-state index in [1.54, 1.807) is 0 Å². The van der Waals surface area contributed by atoms with Crippen molar-refractivity contribution in [1.29, 1.82) is 0 Å². The maximum atomic E-state index is 6.16. The van der Waals surface area contributed by atoms with Crippen LogP contribution < -0.4 is 5.32 Å². The molecule has 1 aromatic carbocycles. The van der Waals surface area contributed by atoms with Crippen LogP contribution in [0.3, 0.4) is 0 Å². The number of ether oxygens (including phenoxy) is 1. The molecular formula is C17H27NO. The van der Waals surface area contributed by atoms with E-state index in [-0.39, 0.29) is 0 Å². The van der Waals surface area contributed by atoms with Crippen molar-refractivity contribution in [3.63, 3.8) is 0 Å². The summed E-state index contributed by atoms with van der Waals surface area (Å²) in [6, 6.07) is 10.9.